The van der Waals surface area contributed by atoms with Gasteiger partial charge in [0, 0.05) is 20.8 Å². The van der Waals surface area contributed by atoms with Crippen LogP contribution >= 0.6 is 0 Å². The van der Waals surface area contributed by atoms with E-state index in [4.69, 9.17) is 13.3 Å². The number of rotatable bonds is 9. The Morgan fingerprint density at radius 1 is 0.844 bits per heavy atom. The summed E-state index contributed by atoms with van der Waals surface area (Å²) in [6.07, 6.45) is -0.367. The molecule has 0 saturated heterocycles. The molecule has 0 atom stereocenters. The molecule has 0 aliphatic heterocycles. The Labute approximate surface area is 179 Å². The van der Waals surface area contributed by atoms with E-state index >= 15 is 0 Å². The van der Waals surface area contributed by atoms with Gasteiger partial charge in [0.1, 0.15) is 5.69 Å². The van der Waals surface area contributed by atoms with Gasteiger partial charge in [-0.15, -0.1) is 5.12 Å². The zero-order chi connectivity index (χ0) is 24.6. The molecule has 0 N–H and O–H groups in total. The van der Waals surface area contributed by atoms with Gasteiger partial charge in [0.25, 0.3) is 17.9 Å². The first kappa shape index (κ1) is 26.8. The molecule has 1 aromatic rings. The van der Waals surface area contributed by atoms with E-state index in [-0.39, 0.29) is 18.9 Å². The highest BCUT2D eigenvalue weighted by Gasteiger charge is 2.51. The van der Waals surface area contributed by atoms with Crippen molar-refractivity contribution in [2.45, 2.75) is 39.7 Å². The zero-order valence-corrected chi connectivity index (χ0v) is 18.1. The molecule has 9 nitrogen and oxygen atoms in total. The number of urea groups is 1. The van der Waals surface area contributed by atoms with Crippen molar-refractivity contribution in [2.24, 2.45) is 0 Å². The van der Waals surface area contributed by atoms with Crippen molar-refractivity contribution in [2.75, 3.05) is 11.7 Å². The number of anilines is 1. The molecule has 178 valence electrons. The molecule has 0 aromatic heterocycles. The van der Waals surface area contributed by atoms with E-state index < -0.39 is 72.7 Å². The second-order valence-corrected chi connectivity index (χ2v) is 8.74. The van der Waals surface area contributed by atoms with Crippen LogP contribution in [0.15, 0.2) is 12.1 Å². The van der Waals surface area contributed by atoms with Gasteiger partial charge in [-0.05, 0) is 25.0 Å². The molecular formula is C17H19F5N2O7Si. The molecule has 1 aromatic carbocycles. The fourth-order valence-electron chi connectivity index (χ4n) is 2.43. The number of amides is 2. The molecule has 0 spiro atoms. The highest BCUT2D eigenvalue weighted by molar-refractivity contribution is 6.65. The molecule has 0 heterocycles. The molecule has 0 aliphatic carbocycles. The maximum atomic E-state index is 14.0. The number of hydrogen-bond donors (Lipinski definition) is 0. The number of carbonyl (C=O) groups is 4. The van der Waals surface area contributed by atoms with E-state index in [2.05, 4.69) is 0 Å². The summed E-state index contributed by atoms with van der Waals surface area (Å²) in [6, 6.07) is -1.61. The van der Waals surface area contributed by atoms with Crippen molar-refractivity contribution in [1.29, 1.82) is 0 Å². The standard InChI is InChI=1S/C17H19F5N2O7Si/c1-10(25)29-32(30-11(2)26,31-12(3)27)9-5-4-8-23(21)17(28)24(22)14-7-6-13(18)15(19)16(14)20/h6-7H,4-5,8-9H2,1-3H3. The van der Waals surface area contributed by atoms with E-state index in [1.54, 1.807) is 0 Å². The molecule has 32 heavy (non-hydrogen) atoms. The average molecular weight is 486 g/mol. The Morgan fingerprint density at radius 3 is 1.81 bits per heavy atom. The van der Waals surface area contributed by atoms with Gasteiger partial charge in [0.15, 0.2) is 17.5 Å². The highest BCUT2D eigenvalue weighted by Crippen LogP contribution is 2.26. The van der Waals surface area contributed by atoms with Crippen molar-refractivity contribution in [3.05, 3.63) is 29.6 Å². The third-order valence-electron chi connectivity index (χ3n) is 3.59. The van der Waals surface area contributed by atoms with Crippen LogP contribution in [0.4, 0.5) is 32.6 Å². The van der Waals surface area contributed by atoms with Gasteiger partial charge in [0.05, 0.1) is 12.6 Å². The van der Waals surface area contributed by atoms with Gasteiger partial charge in [-0.1, -0.05) is 8.96 Å². The topological polar surface area (TPSA) is 102 Å². The minimum Gasteiger partial charge on any atom is -0.455 e. The normalized spacial score (nSPS) is 10.9. The molecule has 0 radical (unpaired) electrons. The van der Waals surface area contributed by atoms with Gasteiger partial charge >= 0.3 is 14.8 Å². The summed E-state index contributed by atoms with van der Waals surface area (Å²) in [5.41, 5.74) is -1.34. The lowest BCUT2D eigenvalue weighted by molar-refractivity contribution is -0.147. The second-order valence-electron chi connectivity index (χ2n) is 6.26. The molecule has 0 saturated carbocycles. The lowest BCUT2D eigenvalue weighted by atomic mass is 10.3. The van der Waals surface area contributed by atoms with Crippen LogP contribution in [0.3, 0.4) is 0 Å². The monoisotopic (exact) mass is 486 g/mol. The van der Waals surface area contributed by atoms with Crippen molar-refractivity contribution < 1.29 is 54.6 Å². The van der Waals surface area contributed by atoms with Crippen LogP contribution in [0.5, 0.6) is 0 Å². The van der Waals surface area contributed by atoms with Gasteiger partial charge in [-0.2, -0.15) is 5.12 Å². The first-order chi connectivity index (χ1) is 14.8. The van der Waals surface area contributed by atoms with Gasteiger partial charge in [0.2, 0.25) is 0 Å². The second kappa shape index (κ2) is 11.4. The van der Waals surface area contributed by atoms with Gasteiger partial charge < -0.3 is 13.3 Å². The summed E-state index contributed by atoms with van der Waals surface area (Å²) in [4.78, 5) is 45.7. The van der Waals surface area contributed by atoms with E-state index in [0.717, 1.165) is 20.8 Å². The Hall–Kier alpha value is -3.23. The predicted molar refractivity (Wildman–Crippen MR) is 98.2 cm³/mol. The van der Waals surface area contributed by atoms with Crippen molar-refractivity contribution in [3.63, 3.8) is 0 Å². The third kappa shape index (κ3) is 7.47. The molecule has 0 fully saturated rings. The minimum atomic E-state index is -4.16. The van der Waals surface area contributed by atoms with Crippen LogP contribution in [0.2, 0.25) is 6.04 Å². The van der Waals surface area contributed by atoms with Crippen LogP contribution in [-0.4, -0.2) is 44.4 Å². The molecule has 0 unspecified atom stereocenters. The van der Waals surface area contributed by atoms with Crippen molar-refractivity contribution >= 4 is 38.4 Å². The van der Waals surface area contributed by atoms with Crippen molar-refractivity contribution in [1.82, 2.24) is 5.12 Å². The number of nitrogens with zero attached hydrogens (tertiary/aromatic N) is 2. The number of benzene rings is 1. The van der Waals surface area contributed by atoms with E-state index in [1.165, 1.54) is 0 Å². The van der Waals surface area contributed by atoms with E-state index in [1.807, 2.05) is 0 Å². The molecular weight excluding hydrogens is 467 g/mol. The maximum absolute atomic E-state index is 14.0. The molecule has 0 aliphatic rings. The van der Waals surface area contributed by atoms with Crippen LogP contribution in [0.1, 0.15) is 33.6 Å². The smallest absolute Gasteiger partial charge is 0.455 e. The van der Waals surface area contributed by atoms with Crippen LogP contribution in [0.25, 0.3) is 0 Å². The van der Waals surface area contributed by atoms with Gasteiger partial charge in [-0.25, -0.2) is 18.0 Å². The lowest BCUT2D eigenvalue weighted by Crippen LogP contribution is -2.49. The number of unbranched alkanes of at least 4 members (excludes halogenated alkanes) is 1. The number of halogens is 5. The van der Waals surface area contributed by atoms with Gasteiger partial charge in [-0.3, -0.25) is 14.4 Å². The minimum absolute atomic E-state index is 0.125. The summed E-state index contributed by atoms with van der Waals surface area (Å²) in [5, 5.41) is -1.72. The Kier molecular flexibility index (Phi) is 9.55. The lowest BCUT2D eigenvalue weighted by Gasteiger charge is -2.26. The Bertz CT molecular complexity index is 848. The molecule has 1 rings (SSSR count). The summed E-state index contributed by atoms with van der Waals surface area (Å²) in [7, 11) is -4.16. The predicted octanol–water partition coefficient (Wildman–Crippen LogP) is 3.51. The summed E-state index contributed by atoms with van der Waals surface area (Å²) in [6.45, 7) is 2.15. The van der Waals surface area contributed by atoms with Crippen LogP contribution in [-0.2, 0) is 27.7 Å². The van der Waals surface area contributed by atoms with E-state index in [9.17, 15) is 41.3 Å². The number of carbonyl (C=O) groups excluding carboxylic acids is 4. The summed E-state index contributed by atoms with van der Waals surface area (Å²) in [5.74, 6) is -8.46. The summed E-state index contributed by atoms with van der Waals surface area (Å²) >= 11 is 0. The molecule has 0 bridgehead atoms. The van der Waals surface area contributed by atoms with Crippen molar-refractivity contribution in [3.8, 4) is 0 Å². The maximum Gasteiger partial charge on any atom is 0.705 e. The third-order valence-corrected chi connectivity index (χ3v) is 6.35. The Morgan fingerprint density at radius 2 is 1.34 bits per heavy atom. The molecule has 2 amide bonds. The fourth-order valence-corrected chi connectivity index (χ4v) is 4.85. The highest BCUT2D eigenvalue weighted by atomic mass is 28.4. The first-order valence-electron chi connectivity index (χ1n) is 8.95. The largest absolute Gasteiger partial charge is 0.705 e. The Balaban J connectivity index is 2.78. The zero-order valence-electron chi connectivity index (χ0n) is 17.1. The fraction of sp³-hybridized carbons (Fsp3) is 0.412. The summed E-state index contributed by atoms with van der Waals surface area (Å²) < 4.78 is 82.3. The SMILES string of the molecule is CC(=O)O[Si](CCCCN(F)C(=O)N(F)c1ccc(F)c(F)c1F)(OC(C)=O)OC(C)=O. The quantitative estimate of drug-likeness (QED) is 0.173. The van der Waals surface area contributed by atoms with Crippen LogP contribution in [0, 0.1) is 17.5 Å². The average Bonchev–Trinajstić information content (AvgIpc) is 2.66. The first-order valence-corrected chi connectivity index (χ1v) is 10.9. The van der Waals surface area contributed by atoms with E-state index in [0.29, 0.717) is 12.1 Å². The number of hydrogen-bond acceptors (Lipinski definition) is 7. The van der Waals surface area contributed by atoms with Crippen LogP contribution < -0.4 is 5.12 Å². The molecule has 15 heteroatoms.